The fourth-order valence-electron chi connectivity index (χ4n) is 4.69. The van der Waals surface area contributed by atoms with Crippen molar-refractivity contribution in [2.75, 3.05) is 25.0 Å². The highest BCUT2D eigenvalue weighted by atomic mass is 35.5. The number of aliphatic hydroxyl groups is 1. The van der Waals surface area contributed by atoms with Gasteiger partial charge in [0.05, 0.1) is 25.2 Å². The van der Waals surface area contributed by atoms with Gasteiger partial charge in [0, 0.05) is 44.5 Å². The summed E-state index contributed by atoms with van der Waals surface area (Å²) in [6, 6.07) is 8.66. The number of alkyl halides is 2. The van der Waals surface area contributed by atoms with E-state index in [4.69, 9.17) is 23.2 Å². The normalized spacial score (nSPS) is 18.9. The second kappa shape index (κ2) is 9.85. The zero-order valence-corrected chi connectivity index (χ0v) is 20.9. The molecule has 1 saturated heterocycles. The maximum Gasteiger partial charge on any atom is 0.272 e. The summed E-state index contributed by atoms with van der Waals surface area (Å²) < 4.78 is 54.5. The Labute approximate surface area is 224 Å². The summed E-state index contributed by atoms with van der Waals surface area (Å²) in [7, 11) is 0. The first kappa shape index (κ1) is 26.4. The highest BCUT2D eigenvalue weighted by Gasteiger charge is 2.44. The molecule has 2 amide bonds. The number of aliphatic hydroxyl groups excluding tert-OH is 1. The smallest absolute Gasteiger partial charge is 0.272 e. The molecule has 38 heavy (non-hydrogen) atoms. The summed E-state index contributed by atoms with van der Waals surface area (Å²) in [5.74, 6) is -5.54. The number of hydrogen-bond donors (Lipinski definition) is 3. The van der Waals surface area contributed by atoms with Gasteiger partial charge >= 0.3 is 0 Å². The third-order valence-corrected chi connectivity index (χ3v) is 6.94. The van der Waals surface area contributed by atoms with E-state index >= 15 is 0 Å². The quantitative estimate of drug-likeness (QED) is 0.351. The first-order chi connectivity index (χ1) is 17.9. The molecular formula is C26H19Cl2F4N3O3. The van der Waals surface area contributed by atoms with Gasteiger partial charge in [-0.15, -0.1) is 0 Å². The van der Waals surface area contributed by atoms with Crippen molar-refractivity contribution in [3.8, 4) is 0 Å². The zero-order valence-electron chi connectivity index (χ0n) is 19.4. The van der Waals surface area contributed by atoms with E-state index in [0.29, 0.717) is 0 Å². The molecule has 198 valence electrons. The van der Waals surface area contributed by atoms with Crippen molar-refractivity contribution < 1.29 is 32.3 Å². The van der Waals surface area contributed by atoms with Gasteiger partial charge in [-0.1, -0.05) is 23.2 Å². The van der Waals surface area contributed by atoms with Crippen molar-refractivity contribution in [1.82, 2.24) is 10.2 Å². The van der Waals surface area contributed by atoms with Gasteiger partial charge in [0.1, 0.15) is 11.6 Å². The topological polar surface area (TPSA) is 81.7 Å². The van der Waals surface area contributed by atoms with Crippen LogP contribution in [-0.2, 0) is 0 Å². The number of halogens is 6. The van der Waals surface area contributed by atoms with E-state index in [2.05, 4.69) is 10.6 Å². The van der Waals surface area contributed by atoms with Crippen LogP contribution in [0.3, 0.4) is 0 Å². The molecule has 3 aromatic carbocycles. The van der Waals surface area contributed by atoms with Crippen molar-refractivity contribution in [2.24, 2.45) is 0 Å². The van der Waals surface area contributed by atoms with Gasteiger partial charge < -0.3 is 15.7 Å². The lowest BCUT2D eigenvalue weighted by molar-refractivity contribution is -0.139. The minimum atomic E-state index is -2.83. The lowest BCUT2D eigenvalue weighted by Gasteiger charge is -2.39. The van der Waals surface area contributed by atoms with Crippen LogP contribution < -0.4 is 10.6 Å². The Morgan fingerprint density at radius 1 is 1.11 bits per heavy atom. The number of benzene rings is 3. The molecule has 2 aliphatic rings. The number of carbonyl (C=O) groups excluding carboxylic acids is 2. The minimum Gasteiger partial charge on any atom is -0.387 e. The number of likely N-dealkylation sites (tertiary alicyclic amines) is 1. The van der Waals surface area contributed by atoms with Crippen LogP contribution in [-0.4, -0.2) is 47.4 Å². The third kappa shape index (κ3) is 5.22. The van der Waals surface area contributed by atoms with Crippen LogP contribution in [0.4, 0.5) is 23.2 Å². The molecule has 0 aliphatic carbocycles. The van der Waals surface area contributed by atoms with Gasteiger partial charge in [-0.25, -0.2) is 17.6 Å². The molecule has 0 saturated carbocycles. The molecule has 1 fully saturated rings. The van der Waals surface area contributed by atoms with Crippen molar-refractivity contribution >= 4 is 40.7 Å². The number of nitrogens with zero attached hydrogens (tertiary/aromatic N) is 1. The van der Waals surface area contributed by atoms with E-state index in [1.54, 1.807) is 0 Å². The molecular weight excluding hydrogens is 549 g/mol. The molecule has 0 spiro atoms. The zero-order chi connectivity index (χ0) is 27.4. The van der Waals surface area contributed by atoms with Crippen LogP contribution in [0.2, 0.25) is 10.0 Å². The van der Waals surface area contributed by atoms with E-state index in [1.807, 2.05) is 0 Å². The van der Waals surface area contributed by atoms with Crippen LogP contribution in [0.1, 0.15) is 49.6 Å². The van der Waals surface area contributed by atoms with Gasteiger partial charge in [-0.2, -0.15) is 0 Å². The molecule has 3 N–H and O–H groups in total. The summed E-state index contributed by atoms with van der Waals surface area (Å²) in [5, 5.41) is 16.2. The Morgan fingerprint density at radius 3 is 2.53 bits per heavy atom. The molecule has 3 aromatic rings. The number of hydrogen-bond acceptors (Lipinski definition) is 4. The maximum absolute atomic E-state index is 14.1. The number of fused-ring (bicyclic) bond motifs is 1. The average Bonchev–Trinajstić information content (AvgIpc) is 3.15. The number of amides is 2. The molecule has 0 radical (unpaired) electrons. The van der Waals surface area contributed by atoms with Crippen LogP contribution in [0.25, 0.3) is 0 Å². The molecule has 12 heteroatoms. The molecule has 2 unspecified atom stereocenters. The van der Waals surface area contributed by atoms with E-state index in [0.717, 1.165) is 24.3 Å². The number of anilines is 1. The van der Waals surface area contributed by atoms with Crippen LogP contribution in [0.15, 0.2) is 48.5 Å². The molecule has 0 bridgehead atoms. The molecule has 2 atom stereocenters. The lowest BCUT2D eigenvalue weighted by atomic mass is 9.92. The monoisotopic (exact) mass is 567 g/mol. The van der Waals surface area contributed by atoms with E-state index in [9.17, 15) is 32.3 Å². The number of rotatable bonds is 6. The van der Waals surface area contributed by atoms with Gasteiger partial charge in [-0.05, 0) is 54.1 Å². The SMILES string of the molecule is O=C(Nc1cc(C(O)CN2CC(F)(F)C2)cc2c1C(c1cc(F)ccc1Cl)NC2=O)c1cc(F)cc(Cl)c1. The lowest BCUT2D eigenvalue weighted by Crippen LogP contribution is -2.57. The Bertz CT molecular complexity index is 1440. The Balaban J connectivity index is 1.56. The second-order valence-corrected chi connectivity index (χ2v) is 10.1. The predicted molar refractivity (Wildman–Crippen MR) is 133 cm³/mol. The summed E-state index contributed by atoms with van der Waals surface area (Å²) in [6.07, 6.45) is -1.28. The van der Waals surface area contributed by atoms with Gasteiger partial charge in [-0.3, -0.25) is 14.5 Å². The third-order valence-electron chi connectivity index (χ3n) is 6.38. The fraction of sp³-hybridized carbons (Fsp3) is 0.231. The second-order valence-electron chi connectivity index (χ2n) is 9.26. The highest BCUT2D eigenvalue weighted by Crippen LogP contribution is 2.41. The standard InChI is InChI=1S/C26H19Cl2F4N3O3/c27-14-3-13(4-16(30)7-14)24(37)33-20-6-12(21(36)9-35-10-26(31,32)11-35)5-18-22(20)23(34-25(18)38)17-8-15(29)1-2-19(17)28/h1-8,21,23,36H,9-11H2,(H,33,37)(H,34,38). The van der Waals surface area contributed by atoms with Crippen molar-refractivity contribution in [1.29, 1.82) is 0 Å². The average molecular weight is 568 g/mol. The number of carbonyl (C=O) groups is 2. The first-order valence-corrected chi connectivity index (χ1v) is 12.1. The first-order valence-electron chi connectivity index (χ1n) is 11.4. The van der Waals surface area contributed by atoms with Crippen molar-refractivity contribution in [3.05, 3.63) is 98.0 Å². The van der Waals surface area contributed by atoms with Crippen molar-refractivity contribution in [2.45, 2.75) is 18.1 Å². The fourth-order valence-corrected chi connectivity index (χ4v) is 5.14. The van der Waals surface area contributed by atoms with Crippen LogP contribution in [0.5, 0.6) is 0 Å². The number of nitrogens with one attached hydrogen (secondary N) is 2. The van der Waals surface area contributed by atoms with Gasteiger partial charge in [0.25, 0.3) is 17.7 Å². The predicted octanol–water partition coefficient (Wildman–Crippen LogP) is 5.34. The van der Waals surface area contributed by atoms with E-state index in [-0.39, 0.29) is 50.1 Å². The summed E-state index contributed by atoms with van der Waals surface area (Å²) in [4.78, 5) is 27.4. The van der Waals surface area contributed by atoms with Crippen LogP contribution >= 0.6 is 23.2 Å². The van der Waals surface area contributed by atoms with Gasteiger partial charge in [0.15, 0.2) is 0 Å². The Hall–Kier alpha value is -3.18. The van der Waals surface area contributed by atoms with E-state index in [1.165, 1.54) is 29.2 Å². The Morgan fingerprint density at radius 2 is 1.84 bits per heavy atom. The van der Waals surface area contributed by atoms with Crippen molar-refractivity contribution in [3.63, 3.8) is 0 Å². The number of β-amino-alcohol motifs (C(OH)–C–C–N with tert-alkyl or cyclic N) is 1. The summed E-state index contributed by atoms with van der Waals surface area (Å²) in [6.45, 7) is -1.17. The Kier molecular flexibility index (Phi) is 6.85. The van der Waals surface area contributed by atoms with E-state index < -0.39 is 54.6 Å². The summed E-state index contributed by atoms with van der Waals surface area (Å²) >= 11 is 12.2. The molecule has 2 heterocycles. The van der Waals surface area contributed by atoms with Gasteiger partial charge in [0.2, 0.25) is 0 Å². The van der Waals surface area contributed by atoms with Crippen LogP contribution in [0, 0.1) is 11.6 Å². The molecule has 2 aliphatic heterocycles. The molecule has 0 aromatic heterocycles. The minimum absolute atomic E-state index is 0.0165. The molecule has 6 nitrogen and oxygen atoms in total. The largest absolute Gasteiger partial charge is 0.387 e. The highest BCUT2D eigenvalue weighted by molar-refractivity contribution is 6.31. The summed E-state index contributed by atoms with van der Waals surface area (Å²) in [5.41, 5.74) is 0.639. The molecule has 5 rings (SSSR count). The maximum atomic E-state index is 14.1.